The highest BCUT2D eigenvalue weighted by molar-refractivity contribution is 5.48. The van der Waals surface area contributed by atoms with Gasteiger partial charge in [-0.15, -0.1) is 0 Å². The lowest BCUT2D eigenvalue weighted by Gasteiger charge is -2.36. The number of hydrogen-bond acceptors (Lipinski definition) is 3. The van der Waals surface area contributed by atoms with Gasteiger partial charge in [0.2, 0.25) is 0 Å². The molecule has 3 heteroatoms. The first-order valence-corrected chi connectivity index (χ1v) is 9.84. The molecule has 0 spiro atoms. The quantitative estimate of drug-likeness (QED) is 0.294. The Kier molecular flexibility index (Phi) is 5.75. The van der Waals surface area contributed by atoms with E-state index >= 15 is 0 Å². The lowest BCUT2D eigenvalue weighted by atomic mass is 9.80. The molecule has 0 aliphatic carbocycles. The number of benzene rings is 3. The molecule has 3 aromatic carbocycles. The number of epoxide rings is 1. The Morgan fingerprint density at radius 2 is 1.36 bits per heavy atom. The van der Waals surface area contributed by atoms with Crippen LogP contribution in [0.25, 0.3) is 0 Å². The molecule has 0 N–H and O–H groups in total. The highest BCUT2D eigenvalue weighted by Crippen LogP contribution is 2.41. The smallest absolute Gasteiger partial charge is 0.143 e. The van der Waals surface area contributed by atoms with Gasteiger partial charge >= 0.3 is 0 Å². The minimum absolute atomic E-state index is 0.424. The zero-order valence-electron chi connectivity index (χ0n) is 16.2. The van der Waals surface area contributed by atoms with E-state index in [0.29, 0.717) is 12.7 Å². The summed E-state index contributed by atoms with van der Waals surface area (Å²) in [5.41, 5.74) is 2.66. The largest absolute Gasteiger partial charge is 0.497 e. The number of methoxy groups -OCH3 is 1. The van der Waals surface area contributed by atoms with Gasteiger partial charge in [-0.05, 0) is 41.7 Å². The van der Waals surface area contributed by atoms with E-state index in [0.717, 1.165) is 41.9 Å². The van der Waals surface area contributed by atoms with Crippen molar-refractivity contribution in [3.63, 3.8) is 0 Å². The Balaban J connectivity index is 1.77. The molecule has 4 rings (SSSR count). The fourth-order valence-corrected chi connectivity index (χ4v) is 3.69. The summed E-state index contributed by atoms with van der Waals surface area (Å²) < 4.78 is 17.5. The van der Waals surface area contributed by atoms with Crippen LogP contribution in [-0.2, 0) is 15.1 Å². The van der Waals surface area contributed by atoms with Crippen molar-refractivity contribution in [1.29, 1.82) is 0 Å². The second-order valence-corrected chi connectivity index (χ2v) is 7.09. The number of rotatable bonds is 9. The standard InChI is InChI=1S/C25H26O3/c1-26-23-16-14-22(15-17-23)25(20-9-4-2-5-10-20,21-11-6-3-7-12-21)28-18-8-13-24-19-27-24/h2-7,9-12,14-17,24H,8,13,18-19H2,1H3. The van der Waals surface area contributed by atoms with Crippen molar-refractivity contribution < 1.29 is 14.2 Å². The third-order valence-electron chi connectivity index (χ3n) is 5.25. The highest BCUT2D eigenvalue weighted by atomic mass is 16.6. The van der Waals surface area contributed by atoms with Gasteiger partial charge in [0.05, 0.1) is 19.8 Å². The molecule has 1 aliphatic heterocycles. The van der Waals surface area contributed by atoms with Gasteiger partial charge in [0, 0.05) is 6.61 Å². The Hall–Kier alpha value is -2.62. The van der Waals surface area contributed by atoms with Gasteiger partial charge in [0.25, 0.3) is 0 Å². The van der Waals surface area contributed by atoms with Gasteiger partial charge in [-0.1, -0.05) is 72.8 Å². The molecule has 3 aromatic rings. The minimum Gasteiger partial charge on any atom is -0.497 e. The molecule has 1 atom stereocenters. The zero-order valence-corrected chi connectivity index (χ0v) is 16.2. The molecular weight excluding hydrogens is 348 g/mol. The molecule has 0 amide bonds. The topological polar surface area (TPSA) is 31.0 Å². The van der Waals surface area contributed by atoms with E-state index in [9.17, 15) is 0 Å². The van der Waals surface area contributed by atoms with Crippen molar-refractivity contribution in [1.82, 2.24) is 0 Å². The van der Waals surface area contributed by atoms with Gasteiger partial charge < -0.3 is 14.2 Å². The van der Waals surface area contributed by atoms with Gasteiger partial charge in [-0.2, -0.15) is 0 Å². The minimum atomic E-state index is -0.667. The molecule has 0 bridgehead atoms. The van der Waals surface area contributed by atoms with Gasteiger partial charge in [0.15, 0.2) is 0 Å². The highest BCUT2D eigenvalue weighted by Gasteiger charge is 2.37. The molecule has 1 aliphatic rings. The van der Waals surface area contributed by atoms with Crippen molar-refractivity contribution in [3.05, 3.63) is 102 Å². The summed E-state index contributed by atoms with van der Waals surface area (Å²) in [4.78, 5) is 0. The van der Waals surface area contributed by atoms with E-state index in [2.05, 4.69) is 60.7 Å². The fourth-order valence-electron chi connectivity index (χ4n) is 3.69. The van der Waals surface area contributed by atoms with E-state index in [4.69, 9.17) is 14.2 Å². The predicted molar refractivity (Wildman–Crippen MR) is 111 cm³/mol. The summed E-state index contributed by atoms with van der Waals surface area (Å²) in [7, 11) is 1.69. The summed E-state index contributed by atoms with van der Waals surface area (Å²) in [6, 6.07) is 29.1. The summed E-state index contributed by atoms with van der Waals surface area (Å²) in [6.07, 6.45) is 2.44. The molecule has 0 saturated carbocycles. The van der Waals surface area contributed by atoms with Gasteiger partial charge in [0.1, 0.15) is 11.4 Å². The van der Waals surface area contributed by atoms with Crippen LogP contribution in [0.2, 0.25) is 0 Å². The van der Waals surface area contributed by atoms with Crippen molar-refractivity contribution in [2.24, 2.45) is 0 Å². The Bertz CT molecular complexity index is 816. The lowest BCUT2D eigenvalue weighted by Crippen LogP contribution is -2.33. The van der Waals surface area contributed by atoms with Crippen LogP contribution >= 0.6 is 0 Å². The monoisotopic (exact) mass is 374 g/mol. The predicted octanol–water partition coefficient (Wildman–Crippen LogP) is 5.18. The average Bonchev–Trinajstić information content (AvgIpc) is 3.60. The molecule has 0 aromatic heterocycles. The molecule has 144 valence electrons. The Morgan fingerprint density at radius 1 is 0.821 bits per heavy atom. The zero-order chi connectivity index (χ0) is 19.2. The third-order valence-corrected chi connectivity index (χ3v) is 5.25. The maximum Gasteiger partial charge on any atom is 0.143 e. The molecule has 0 radical (unpaired) electrons. The summed E-state index contributed by atoms with van der Waals surface area (Å²) in [5, 5.41) is 0. The van der Waals surface area contributed by atoms with Crippen LogP contribution in [0.5, 0.6) is 5.75 Å². The van der Waals surface area contributed by atoms with E-state index in [1.807, 2.05) is 24.3 Å². The molecule has 28 heavy (non-hydrogen) atoms. The maximum absolute atomic E-state index is 6.74. The van der Waals surface area contributed by atoms with E-state index in [1.54, 1.807) is 7.11 Å². The third kappa shape index (κ3) is 3.96. The molecule has 1 fully saturated rings. The van der Waals surface area contributed by atoms with Crippen LogP contribution in [0.1, 0.15) is 29.5 Å². The van der Waals surface area contributed by atoms with E-state index < -0.39 is 5.60 Å². The lowest BCUT2D eigenvalue weighted by molar-refractivity contribution is 0.0102. The SMILES string of the molecule is COc1ccc(C(OCCCC2CO2)(c2ccccc2)c2ccccc2)cc1. The molecule has 1 saturated heterocycles. The number of ether oxygens (including phenoxy) is 3. The van der Waals surface area contributed by atoms with Crippen molar-refractivity contribution in [2.45, 2.75) is 24.5 Å². The Morgan fingerprint density at radius 3 is 1.86 bits per heavy atom. The summed E-state index contributed by atoms with van der Waals surface area (Å²) in [5.74, 6) is 0.838. The van der Waals surface area contributed by atoms with Crippen molar-refractivity contribution in [3.8, 4) is 5.75 Å². The van der Waals surface area contributed by atoms with E-state index in [1.165, 1.54) is 0 Å². The van der Waals surface area contributed by atoms with Gasteiger partial charge in [-0.25, -0.2) is 0 Å². The fraction of sp³-hybridized carbons (Fsp3) is 0.280. The molecule has 1 unspecified atom stereocenters. The van der Waals surface area contributed by atoms with Gasteiger partial charge in [-0.3, -0.25) is 0 Å². The first kappa shape index (κ1) is 18.7. The second kappa shape index (κ2) is 8.59. The van der Waals surface area contributed by atoms with Crippen LogP contribution < -0.4 is 4.74 Å². The average molecular weight is 374 g/mol. The normalized spacial score (nSPS) is 16.0. The molecule has 1 heterocycles. The van der Waals surface area contributed by atoms with E-state index in [-0.39, 0.29) is 0 Å². The maximum atomic E-state index is 6.74. The first-order chi connectivity index (χ1) is 13.8. The molecule has 3 nitrogen and oxygen atoms in total. The van der Waals surface area contributed by atoms with Crippen LogP contribution in [0, 0.1) is 0 Å². The van der Waals surface area contributed by atoms with Crippen LogP contribution in [0.15, 0.2) is 84.9 Å². The van der Waals surface area contributed by atoms with Crippen molar-refractivity contribution in [2.75, 3.05) is 20.3 Å². The van der Waals surface area contributed by atoms with Crippen molar-refractivity contribution >= 4 is 0 Å². The van der Waals surface area contributed by atoms with Crippen LogP contribution in [0.3, 0.4) is 0 Å². The van der Waals surface area contributed by atoms with Crippen LogP contribution in [0.4, 0.5) is 0 Å². The van der Waals surface area contributed by atoms with Crippen LogP contribution in [-0.4, -0.2) is 26.4 Å². The Labute approximate surface area is 166 Å². The summed E-state index contributed by atoms with van der Waals surface area (Å²) in [6.45, 7) is 1.55. The second-order valence-electron chi connectivity index (χ2n) is 7.09. The number of hydrogen-bond donors (Lipinski definition) is 0. The molecular formula is C25H26O3. The summed E-state index contributed by atoms with van der Waals surface area (Å²) >= 11 is 0. The first-order valence-electron chi connectivity index (χ1n) is 9.84.